The van der Waals surface area contributed by atoms with E-state index >= 15 is 0 Å². The van der Waals surface area contributed by atoms with E-state index in [4.69, 9.17) is 0 Å². The number of hydrogen-bond acceptors (Lipinski definition) is 5. The first-order chi connectivity index (χ1) is 14.1. The molecule has 0 unspecified atom stereocenters. The van der Waals surface area contributed by atoms with Gasteiger partial charge in [0.15, 0.2) is 0 Å². The third-order valence-corrected chi connectivity index (χ3v) is 5.90. The molecule has 5 rings (SSSR count). The van der Waals surface area contributed by atoms with Gasteiger partial charge in [-0.1, -0.05) is 18.2 Å². The Kier molecular flexibility index (Phi) is 4.32. The number of H-pyrrole nitrogens is 1. The molecule has 0 aliphatic carbocycles. The van der Waals surface area contributed by atoms with E-state index in [1.54, 1.807) is 6.20 Å². The van der Waals surface area contributed by atoms with Gasteiger partial charge in [-0.15, -0.1) is 0 Å². The van der Waals surface area contributed by atoms with E-state index in [-0.39, 0.29) is 5.56 Å². The molecule has 1 aliphatic rings. The predicted octanol–water partition coefficient (Wildman–Crippen LogP) is 2.44. The fourth-order valence-corrected chi connectivity index (χ4v) is 4.15. The number of fused-ring (bicyclic) bond motifs is 3. The molecule has 0 amide bonds. The third kappa shape index (κ3) is 3.17. The summed E-state index contributed by atoms with van der Waals surface area (Å²) < 4.78 is 2.15. The number of imidazole rings is 1. The molecule has 7 heteroatoms. The first kappa shape index (κ1) is 17.9. The number of pyridine rings is 2. The van der Waals surface area contributed by atoms with Gasteiger partial charge in [-0.2, -0.15) is 0 Å². The molecule has 29 heavy (non-hydrogen) atoms. The molecule has 4 heterocycles. The smallest absolute Gasteiger partial charge is 0.274 e. The average molecular weight is 388 g/mol. The third-order valence-electron chi connectivity index (χ3n) is 5.90. The Bertz CT molecular complexity index is 1250. The van der Waals surface area contributed by atoms with Gasteiger partial charge in [0.1, 0.15) is 5.52 Å². The fraction of sp³-hybridized carbons (Fsp3) is 0.318. The fourth-order valence-electron chi connectivity index (χ4n) is 4.15. The van der Waals surface area contributed by atoms with Crippen LogP contribution in [0.15, 0.2) is 47.5 Å². The van der Waals surface area contributed by atoms with Crippen LogP contribution in [0.4, 0.5) is 5.95 Å². The highest BCUT2D eigenvalue weighted by Crippen LogP contribution is 2.22. The van der Waals surface area contributed by atoms with Crippen LogP contribution in [0.5, 0.6) is 0 Å². The Morgan fingerprint density at radius 1 is 1.07 bits per heavy atom. The second-order valence-corrected chi connectivity index (χ2v) is 7.76. The van der Waals surface area contributed by atoms with Crippen LogP contribution < -0.4 is 10.5 Å². The SMILES string of the molecule is Cc1cnc(N2CCN(Cc3ccc4c(c3)[nH]c(=O)c3ncccc34)CC2)n1C. The summed E-state index contributed by atoms with van der Waals surface area (Å²) in [6.07, 6.45) is 3.58. The standard InChI is InChI=1S/C22H24N6O/c1-15-13-24-22(26(15)2)28-10-8-27(9-11-28)14-16-5-6-17-18-4-3-7-23-20(18)21(29)25-19(17)12-16/h3-7,12-13H,8-11,14H2,1-2H3,(H,25,29). The maximum atomic E-state index is 12.4. The number of nitrogens with zero attached hydrogens (tertiary/aromatic N) is 5. The van der Waals surface area contributed by atoms with E-state index in [0.29, 0.717) is 5.52 Å². The molecule has 0 bridgehead atoms. The summed E-state index contributed by atoms with van der Waals surface area (Å²) >= 11 is 0. The molecule has 7 nitrogen and oxygen atoms in total. The van der Waals surface area contributed by atoms with Gasteiger partial charge < -0.3 is 14.5 Å². The van der Waals surface area contributed by atoms with Crippen molar-refractivity contribution < 1.29 is 0 Å². The number of nitrogens with one attached hydrogen (secondary N) is 1. The van der Waals surface area contributed by atoms with Crippen molar-refractivity contribution in [3.05, 3.63) is 64.3 Å². The van der Waals surface area contributed by atoms with Crippen molar-refractivity contribution in [2.45, 2.75) is 13.5 Å². The van der Waals surface area contributed by atoms with Gasteiger partial charge in [-0.25, -0.2) is 4.98 Å². The average Bonchev–Trinajstić information content (AvgIpc) is 3.07. The van der Waals surface area contributed by atoms with Crippen LogP contribution in [0.25, 0.3) is 21.8 Å². The molecule has 0 spiro atoms. The van der Waals surface area contributed by atoms with Gasteiger partial charge in [0.25, 0.3) is 5.56 Å². The van der Waals surface area contributed by atoms with E-state index in [1.807, 2.05) is 18.3 Å². The molecular weight excluding hydrogens is 364 g/mol. The van der Waals surface area contributed by atoms with Crippen LogP contribution in [0.3, 0.4) is 0 Å². The summed E-state index contributed by atoms with van der Waals surface area (Å²) in [6, 6.07) is 10.2. The summed E-state index contributed by atoms with van der Waals surface area (Å²) in [7, 11) is 2.07. The highest BCUT2D eigenvalue weighted by Gasteiger charge is 2.20. The molecule has 1 fully saturated rings. The number of aryl methyl sites for hydroxylation is 1. The molecule has 1 aromatic carbocycles. The summed E-state index contributed by atoms with van der Waals surface area (Å²) in [5.74, 6) is 1.05. The lowest BCUT2D eigenvalue weighted by atomic mass is 10.1. The minimum Gasteiger partial charge on any atom is -0.340 e. The van der Waals surface area contributed by atoms with Gasteiger partial charge in [0.2, 0.25) is 5.95 Å². The van der Waals surface area contributed by atoms with Crippen LogP contribution in [0.1, 0.15) is 11.3 Å². The first-order valence-corrected chi connectivity index (χ1v) is 9.95. The van der Waals surface area contributed by atoms with Crippen LogP contribution >= 0.6 is 0 Å². The summed E-state index contributed by atoms with van der Waals surface area (Å²) in [5.41, 5.74) is 3.61. The largest absolute Gasteiger partial charge is 0.340 e. The molecule has 3 aromatic heterocycles. The molecule has 0 atom stereocenters. The van der Waals surface area contributed by atoms with Crippen molar-refractivity contribution in [3.63, 3.8) is 0 Å². The summed E-state index contributed by atoms with van der Waals surface area (Å²) in [5, 5.41) is 1.93. The van der Waals surface area contributed by atoms with Gasteiger partial charge in [-0.3, -0.25) is 14.7 Å². The van der Waals surface area contributed by atoms with E-state index in [1.165, 1.54) is 11.3 Å². The van der Waals surface area contributed by atoms with Crippen LogP contribution in [-0.2, 0) is 13.6 Å². The molecule has 0 saturated carbocycles. The minimum atomic E-state index is -0.135. The van der Waals surface area contributed by atoms with Gasteiger partial charge >= 0.3 is 0 Å². The maximum absolute atomic E-state index is 12.4. The van der Waals surface area contributed by atoms with Crippen LogP contribution in [0.2, 0.25) is 0 Å². The van der Waals surface area contributed by atoms with Crippen molar-refractivity contribution in [3.8, 4) is 0 Å². The number of benzene rings is 1. The van der Waals surface area contributed by atoms with Gasteiger partial charge in [0, 0.05) is 68.0 Å². The zero-order valence-corrected chi connectivity index (χ0v) is 16.7. The van der Waals surface area contributed by atoms with E-state index in [9.17, 15) is 4.79 Å². The second kappa shape index (κ2) is 7.00. The van der Waals surface area contributed by atoms with Crippen molar-refractivity contribution in [1.29, 1.82) is 0 Å². The lowest BCUT2D eigenvalue weighted by Crippen LogP contribution is -2.46. The van der Waals surface area contributed by atoms with E-state index < -0.39 is 0 Å². The molecule has 1 aliphatic heterocycles. The highest BCUT2D eigenvalue weighted by molar-refractivity contribution is 6.03. The minimum absolute atomic E-state index is 0.135. The quantitative estimate of drug-likeness (QED) is 0.546. The Labute approximate surface area is 168 Å². The first-order valence-electron chi connectivity index (χ1n) is 9.95. The lowest BCUT2D eigenvalue weighted by molar-refractivity contribution is 0.248. The van der Waals surface area contributed by atoms with Crippen LogP contribution in [0, 0.1) is 6.92 Å². The second-order valence-electron chi connectivity index (χ2n) is 7.76. The van der Waals surface area contributed by atoms with Crippen molar-refractivity contribution in [1.82, 2.24) is 24.4 Å². The lowest BCUT2D eigenvalue weighted by Gasteiger charge is -2.35. The Morgan fingerprint density at radius 3 is 2.66 bits per heavy atom. The molecule has 1 N–H and O–H groups in total. The topological polar surface area (TPSA) is 70.1 Å². The molecule has 1 saturated heterocycles. The van der Waals surface area contributed by atoms with Crippen LogP contribution in [-0.4, -0.2) is 50.6 Å². The number of aromatic nitrogens is 4. The zero-order valence-electron chi connectivity index (χ0n) is 16.7. The van der Waals surface area contributed by atoms with E-state index in [2.05, 4.69) is 61.5 Å². The van der Waals surface area contributed by atoms with Gasteiger partial charge in [0.05, 0.1) is 6.20 Å². The van der Waals surface area contributed by atoms with Crippen molar-refractivity contribution in [2.75, 3.05) is 31.1 Å². The molecule has 0 radical (unpaired) electrons. The number of piperazine rings is 1. The molecular formula is C22H24N6O. The molecule has 148 valence electrons. The summed E-state index contributed by atoms with van der Waals surface area (Å²) in [4.78, 5) is 28.9. The Morgan fingerprint density at radius 2 is 1.90 bits per heavy atom. The van der Waals surface area contributed by atoms with E-state index in [0.717, 1.165) is 55.0 Å². The maximum Gasteiger partial charge on any atom is 0.274 e. The van der Waals surface area contributed by atoms with Crippen molar-refractivity contribution >= 4 is 27.8 Å². The zero-order chi connectivity index (χ0) is 20.0. The normalized spacial score (nSPS) is 15.4. The Balaban J connectivity index is 1.34. The highest BCUT2D eigenvalue weighted by atomic mass is 16.1. The number of anilines is 1. The monoisotopic (exact) mass is 388 g/mol. The molecule has 4 aromatic rings. The van der Waals surface area contributed by atoms with Gasteiger partial charge in [-0.05, 0) is 24.6 Å². The number of aromatic amines is 1. The predicted molar refractivity (Wildman–Crippen MR) is 115 cm³/mol. The Hall–Kier alpha value is -3.19. The summed E-state index contributed by atoms with van der Waals surface area (Å²) in [6.45, 7) is 6.85. The van der Waals surface area contributed by atoms with Crippen molar-refractivity contribution in [2.24, 2.45) is 7.05 Å². The number of hydrogen-bond donors (Lipinski definition) is 1. The number of rotatable bonds is 3.